The van der Waals surface area contributed by atoms with E-state index in [0.29, 0.717) is 17.0 Å². The van der Waals surface area contributed by atoms with Gasteiger partial charge in [0.05, 0.1) is 14.2 Å². The number of aromatic amines is 1. The molecule has 4 aromatic rings. The second-order valence-corrected chi connectivity index (χ2v) is 7.08. The maximum Gasteiger partial charge on any atom is 0.350 e. The normalized spacial score (nSPS) is 11.6. The van der Waals surface area contributed by atoms with Gasteiger partial charge in [0.1, 0.15) is 17.6 Å². The highest BCUT2D eigenvalue weighted by Gasteiger charge is 2.26. The van der Waals surface area contributed by atoms with Crippen LogP contribution in [0.2, 0.25) is 0 Å². The lowest BCUT2D eigenvalue weighted by Crippen LogP contribution is -2.18. The molecule has 2 aromatic carbocycles. The lowest BCUT2D eigenvalue weighted by atomic mass is 10.0. The van der Waals surface area contributed by atoms with Gasteiger partial charge in [0.25, 0.3) is 5.95 Å². The first-order valence-electron chi connectivity index (χ1n) is 10.00. The molecule has 0 saturated carbocycles. The zero-order chi connectivity index (χ0) is 24.2. The van der Waals surface area contributed by atoms with Crippen LogP contribution in [0.5, 0.6) is 11.5 Å². The van der Waals surface area contributed by atoms with Crippen LogP contribution in [-0.4, -0.2) is 44.8 Å². The smallest absolute Gasteiger partial charge is 0.350 e. The van der Waals surface area contributed by atoms with Crippen molar-refractivity contribution in [2.24, 2.45) is 5.73 Å². The number of halogens is 1. The van der Waals surface area contributed by atoms with Gasteiger partial charge in [-0.05, 0) is 36.4 Å². The fourth-order valence-corrected chi connectivity index (χ4v) is 3.28. The Labute approximate surface area is 192 Å². The third-order valence-corrected chi connectivity index (χ3v) is 4.96. The Balaban J connectivity index is 1.84. The second kappa shape index (κ2) is 9.40. The van der Waals surface area contributed by atoms with Gasteiger partial charge in [-0.2, -0.15) is 0 Å². The van der Waals surface area contributed by atoms with Crippen LogP contribution in [-0.2, 0) is 0 Å². The molecule has 0 unspecified atom stereocenters. The summed E-state index contributed by atoms with van der Waals surface area (Å²) in [6.07, 6.45) is 2.95. The number of nitrogen functional groups attached to an aromatic ring is 1. The van der Waals surface area contributed by atoms with Gasteiger partial charge in [0.2, 0.25) is 0 Å². The highest BCUT2D eigenvalue weighted by atomic mass is 19.1. The molecule has 11 nitrogen and oxygen atoms in total. The summed E-state index contributed by atoms with van der Waals surface area (Å²) in [7, 11) is 2.79. The van der Waals surface area contributed by atoms with Crippen LogP contribution in [0.15, 0.2) is 59.7 Å². The van der Waals surface area contributed by atoms with E-state index in [-0.39, 0.29) is 28.9 Å². The van der Waals surface area contributed by atoms with Crippen molar-refractivity contribution in [2.45, 2.75) is 6.04 Å². The number of benzene rings is 2. The molecule has 0 radical (unpaired) electrons. The van der Waals surface area contributed by atoms with Gasteiger partial charge in [-0.25, -0.2) is 19.2 Å². The number of ether oxygens (including phenoxy) is 2. The molecule has 34 heavy (non-hydrogen) atoms. The van der Waals surface area contributed by atoms with Crippen LogP contribution >= 0.6 is 0 Å². The second-order valence-electron chi connectivity index (χ2n) is 7.08. The first kappa shape index (κ1) is 22.5. The number of anilines is 1. The third-order valence-electron chi connectivity index (χ3n) is 4.96. The number of H-pyrrole nitrogens is 1. The number of nitrogens with one attached hydrogen (secondary N) is 3. The average molecular weight is 464 g/mol. The van der Waals surface area contributed by atoms with Crippen LogP contribution in [0.4, 0.5) is 10.1 Å². The first-order chi connectivity index (χ1) is 16.4. The monoisotopic (exact) mass is 464 g/mol. The minimum Gasteiger partial charge on any atom is -0.497 e. The average Bonchev–Trinajstić information content (AvgIpc) is 3.25. The Bertz CT molecular complexity index is 1370. The summed E-state index contributed by atoms with van der Waals surface area (Å²) in [5.41, 5.74) is 6.12. The summed E-state index contributed by atoms with van der Waals surface area (Å²) >= 11 is 0. The molecule has 5 N–H and O–H groups in total. The number of aromatic nitrogens is 5. The molecular weight excluding hydrogens is 443 g/mol. The SMILES string of the molecule is COc1cc(OC)c(F)c([C@H](Nc2ccc(C(=N)N)cc2)c2nn(-c3ncccn3)c(=O)[nH]2)c1. The Morgan fingerprint density at radius 3 is 2.50 bits per heavy atom. The molecule has 0 bridgehead atoms. The van der Waals surface area contributed by atoms with Crippen molar-refractivity contribution in [1.29, 1.82) is 5.41 Å². The number of rotatable bonds is 8. The molecule has 0 aliphatic carbocycles. The lowest BCUT2D eigenvalue weighted by Gasteiger charge is -2.20. The molecule has 0 saturated heterocycles. The van der Waals surface area contributed by atoms with E-state index >= 15 is 4.39 Å². The molecule has 2 aromatic heterocycles. The van der Waals surface area contributed by atoms with Gasteiger partial charge in [-0.3, -0.25) is 10.4 Å². The van der Waals surface area contributed by atoms with Gasteiger partial charge in [-0.15, -0.1) is 9.78 Å². The first-order valence-corrected chi connectivity index (χ1v) is 10.00. The third kappa shape index (κ3) is 4.41. The summed E-state index contributed by atoms with van der Waals surface area (Å²) < 4.78 is 26.9. The number of nitrogens with zero attached hydrogens (tertiary/aromatic N) is 4. The summed E-state index contributed by atoms with van der Waals surface area (Å²) in [5, 5.41) is 15.0. The maximum absolute atomic E-state index is 15.4. The van der Waals surface area contributed by atoms with Gasteiger partial charge in [0, 0.05) is 35.3 Å². The highest BCUT2D eigenvalue weighted by Crippen LogP contribution is 2.34. The van der Waals surface area contributed by atoms with Crippen molar-refractivity contribution in [3.63, 3.8) is 0 Å². The molecule has 174 valence electrons. The summed E-state index contributed by atoms with van der Waals surface area (Å²) in [5.74, 6) is -0.280. The number of nitrogens with two attached hydrogens (primary N) is 1. The van der Waals surface area contributed by atoms with Crippen LogP contribution < -0.4 is 26.2 Å². The van der Waals surface area contributed by atoms with E-state index in [0.717, 1.165) is 4.68 Å². The lowest BCUT2D eigenvalue weighted by molar-refractivity contribution is 0.370. The zero-order valence-electron chi connectivity index (χ0n) is 18.2. The van der Waals surface area contributed by atoms with E-state index < -0.39 is 17.5 Å². The highest BCUT2D eigenvalue weighted by molar-refractivity contribution is 5.95. The zero-order valence-corrected chi connectivity index (χ0v) is 18.2. The quantitative estimate of drug-likeness (QED) is 0.228. The number of methoxy groups -OCH3 is 2. The van der Waals surface area contributed by atoms with E-state index in [9.17, 15) is 4.79 Å². The summed E-state index contributed by atoms with van der Waals surface area (Å²) in [6.45, 7) is 0. The van der Waals surface area contributed by atoms with Gasteiger partial charge in [-0.1, -0.05) is 0 Å². The largest absolute Gasteiger partial charge is 0.497 e. The van der Waals surface area contributed by atoms with E-state index in [1.165, 1.54) is 38.7 Å². The van der Waals surface area contributed by atoms with Gasteiger partial charge in [0.15, 0.2) is 17.4 Å². The Morgan fingerprint density at radius 2 is 1.88 bits per heavy atom. The fraction of sp³-hybridized carbons (Fsp3) is 0.136. The fourth-order valence-electron chi connectivity index (χ4n) is 3.28. The molecule has 0 aliphatic rings. The molecule has 2 heterocycles. The van der Waals surface area contributed by atoms with Crippen LogP contribution in [0.3, 0.4) is 0 Å². The minimum atomic E-state index is -0.968. The Morgan fingerprint density at radius 1 is 1.18 bits per heavy atom. The van der Waals surface area contributed by atoms with E-state index in [2.05, 4.69) is 25.4 Å². The van der Waals surface area contributed by atoms with E-state index in [4.69, 9.17) is 20.6 Å². The Hall–Kier alpha value is -4.74. The molecule has 0 spiro atoms. The van der Waals surface area contributed by atoms with Crippen LogP contribution in [0, 0.1) is 11.2 Å². The molecular formula is C22H21FN8O3. The van der Waals surface area contributed by atoms with Crippen molar-refractivity contribution in [3.05, 3.63) is 88.1 Å². The summed E-state index contributed by atoms with van der Waals surface area (Å²) in [6, 6.07) is 10.2. The van der Waals surface area contributed by atoms with Crippen molar-refractivity contribution < 1.29 is 13.9 Å². The van der Waals surface area contributed by atoms with Crippen LogP contribution in [0.1, 0.15) is 23.0 Å². The molecule has 0 amide bonds. The molecule has 0 aliphatic heterocycles. The molecule has 4 rings (SSSR count). The van der Waals surface area contributed by atoms with E-state index in [1.807, 2.05) is 0 Å². The van der Waals surface area contributed by atoms with E-state index in [1.54, 1.807) is 30.3 Å². The van der Waals surface area contributed by atoms with Gasteiger partial charge >= 0.3 is 5.69 Å². The maximum atomic E-state index is 15.4. The number of hydrogen-bond donors (Lipinski definition) is 4. The topological polar surface area (TPSA) is 157 Å². The minimum absolute atomic E-state index is 0.0405. The molecule has 12 heteroatoms. The predicted molar refractivity (Wildman–Crippen MR) is 122 cm³/mol. The van der Waals surface area contributed by atoms with Crippen molar-refractivity contribution in [1.82, 2.24) is 24.7 Å². The number of amidine groups is 1. The summed E-state index contributed by atoms with van der Waals surface area (Å²) in [4.78, 5) is 23.4. The number of hydrogen-bond acceptors (Lipinski definition) is 8. The predicted octanol–water partition coefficient (Wildman–Crippen LogP) is 1.99. The van der Waals surface area contributed by atoms with Gasteiger partial charge < -0.3 is 20.5 Å². The van der Waals surface area contributed by atoms with Crippen LogP contribution in [0.25, 0.3) is 5.95 Å². The van der Waals surface area contributed by atoms with Crippen molar-refractivity contribution in [2.75, 3.05) is 19.5 Å². The van der Waals surface area contributed by atoms with Crippen molar-refractivity contribution >= 4 is 11.5 Å². The standard InChI is InChI=1S/C22H21FN8O3/c1-33-14-10-15(17(23)16(11-14)34-2)18(28-13-6-4-12(5-7-13)19(24)25)20-29-22(32)31(30-20)21-26-8-3-9-27-21/h3-11,18,28H,1-2H3,(H3,24,25)(H,29,30,32)/t18-/m0/s1. The Kier molecular flexibility index (Phi) is 6.21. The van der Waals surface area contributed by atoms with Crippen molar-refractivity contribution in [3.8, 4) is 17.4 Å². The molecule has 1 atom stereocenters. The molecule has 0 fully saturated rings.